The summed E-state index contributed by atoms with van der Waals surface area (Å²) in [6, 6.07) is 9.67. The van der Waals surface area contributed by atoms with Gasteiger partial charge in [-0.2, -0.15) is 0 Å². The van der Waals surface area contributed by atoms with Crippen LogP contribution < -0.4 is 5.73 Å². The molecule has 0 aliphatic carbocycles. The van der Waals surface area contributed by atoms with Crippen molar-refractivity contribution in [3.63, 3.8) is 0 Å². The van der Waals surface area contributed by atoms with Crippen molar-refractivity contribution in [1.82, 2.24) is 9.97 Å². The van der Waals surface area contributed by atoms with E-state index >= 15 is 0 Å². The van der Waals surface area contributed by atoms with Gasteiger partial charge in [-0.15, -0.1) is 0 Å². The van der Waals surface area contributed by atoms with E-state index in [0.29, 0.717) is 12.8 Å². The first kappa shape index (κ1) is 11.0. The van der Waals surface area contributed by atoms with Crippen LogP contribution in [0.1, 0.15) is 12.1 Å². The normalized spacial score (nSPS) is 11.4. The molecule has 18 heavy (non-hydrogen) atoms. The Labute approximate surface area is 104 Å². The minimum atomic E-state index is -0.301. The highest BCUT2D eigenvalue weighted by molar-refractivity contribution is 6.05. The van der Waals surface area contributed by atoms with Crippen molar-refractivity contribution in [3.8, 4) is 0 Å². The van der Waals surface area contributed by atoms with Crippen LogP contribution in [0.4, 0.5) is 10.1 Å². The number of benzene rings is 1. The number of rotatable bonds is 3. The second kappa shape index (κ2) is 4.29. The topological polar surface area (TPSA) is 54.7 Å². The minimum absolute atomic E-state index is 0.301. The molecule has 0 amide bonds. The predicted octanol–water partition coefficient (Wildman–Crippen LogP) is 3.20. The van der Waals surface area contributed by atoms with E-state index in [-0.39, 0.29) is 6.67 Å². The highest BCUT2D eigenvalue weighted by atomic mass is 19.1. The van der Waals surface area contributed by atoms with Gasteiger partial charge >= 0.3 is 0 Å². The van der Waals surface area contributed by atoms with Crippen LogP contribution in [-0.4, -0.2) is 16.6 Å². The van der Waals surface area contributed by atoms with Crippen LogP contribution >= 0.6 is 0 Å². The molecule has 0 aliphatic heterocycles. The Kier molecular flexibility index (Phi) is 2.63. The molecule has 0 spiro atoms. The van der Waals surface area contributed by atoms with E-state index in [9.17, 15) is 4.39 Å². The smallest absolute Gasteiger partial charge is 0.0960 e. The van der Waals surface area contributed by atoms with Crippen molar-refractivity contribution in [2.75, 3.05) is 12.4 Å². The van der Waals surface area contributed by atoms with E-state index in [1.54, 1.807) is 0 Å². The second-order valence-electron chi connectivity index (χ2n) is 4.42. The number of hydrogen-bond acceptors (Lipinski definition) is 2. The lowest BCUT2D eigenvalue weighted by Gasteiger charge is -1.98. The molecule has 3 nitrogen and oxygen atoms in total. The molecule has 3 rings (SSSR count). The average Bonchev–Trinajstić information content (AvgIpc) is 2.72. The maximum atomic E-state index is 12.2. The lowest BCUT2D eigenvalue weighted by molar-refractivity contribution is 0.471. The maximum absolute atomic E-state index is 12.2. The lowest BCUT2D eigenvalue weighted by Crippen LogP contribution is -1.91. The van der Waals surface area contributed by atoms with Gasteiger partial charge in [-0.05, 0) is 43.2 Å². The number of nitrogens with two attached hydrogens (primary N) is 1. The van der Waals surface area contributed by atoms with Crippen molar-refractivity contribution in [2.45, 2.75) is 12.8 Å². The molecular weight excluding hydrogens is 229 g/mol. The Morgan fingerprint density at radius 1 is 1.17 bits per heavy atom. The Morgan fingerprint density at radius 3 is 2.89 bits per heavy atom. The van der Waals surface area contributed by atoms with E-state index in [2.05, 4.69) is 9.97 Å². The summed E-state index contributed by atoms with van der Waals surface area (Å²) >= 11 is 0. The molecule has 0 unspecified atom stereocenters. The fraction of sp³-hybridized carbons (Fsp3) is 0.214. The van der Waals surface area contributed by atoms with Gasteiger partial charge < -0.3 is 10.7 Å². The number of aryl methyl sites for hydroxylation is 1. The molecular formula is C14H14FN3. The van der Waals surface area contributed by atoms with Gasteiger partial charge in [-0.1, -0.05) is 0 Å². The van der Waals surface area contributed by atoms with Crippen molar-refractivity contribution in [1.29, 1.82) is 0 Å². The second-order valence-corrected chi connectivity index (χ2v) is 4.42. The molecule has 2 heterocycles. The third kappa shape index (κ3) is 1.79. The fourth-order valence-electron chi connectivity index (χ4n) is 2.21. The zero-order valence-electron chi connectivity index (χ0n) is 9.91. The molecule has 0 fully saturated rings. The van der Waals surface area contributed by atoms with Gasteiger partial charge in [0.2, 0.25) is 0 Å². The van der Waals surface area contributed by atoms with Gasteiger partial charge in [0, 0.05) is 16.8 Å². The number of alkyl halides is 1. The van der Waals surface area contributed by atoms with Crippen LogP contribution in [0, 0.1) is 0 Å². The van der Waals surface area contributed by atoms with Crippen LogP contribution in [0.3, 0.4) is 0 Å². The van der Waals surface area contributed by atoms with Crippen LogP contribution in [0.5, 0.6) is 0 Å². The van der Waals surface area contributed by atoms with Gasteiger partial charge in [0.15, 0.2) is 0 Å². The number of nitrogens with one attached hydrogen (secondary N) is 1. The number of nitrogen functional groups attached to an aromatic ring is 1. The van der Waals surface area contributed by atoms with Gasteiger partial charge in [-0.25, -0.2) is 0 Å². The van der Waals surface area contributed by atoms with Crippen LogP contribution in [0.15, 0.2) is 30.3 Å². The standard InChI is InChI=1S/C14H14FN3/c15-7-1-2-10-4-6-12-14(17-10)11-5-3-9(16)8-13(11)18-12/h3-6,8,18H,1-2,7,16H2. The first-order valence-corrected chi connectivity index (χ1v) is 6.01. The molecule has 0 atom stereocenters. The summed E-state index contributed by atoms with van der Waals surface area (Å²) in [5.74, 6) is 0. The fourth-order valence-corrected chi connectivity index (χ4v) is 2.21. The summed E-state index contributed by atoms with van der Waals surface area (Å²) in [5, 5.41) is 1.06. The molecule has 0 radical (unpaired) electrons. The Morgan fingerprint density at radius 2 is 2.06 bits per heavy atom. The number of H-pyrrole nitrogens is 1. The molecule has 3 N–H and O–H groups in total. The quantitative estimate of drug-likeness (QED) is 0.694. The number of pyridine rings is 1. The maximum Gasteiger partial charge on any atom is 0.0960 e. The molecule has 0 aliphatic rings. The molecule has 0 saturated carbocycles. The van der Waals surface area contributed by atoms with E-state index < -0.39 is 0 Å². The molecule has 0 bridgehead atoms. The minimum Gasteiger partial charge on any atom is -0.399 e. The third-order valence-electron chi connectivity index (χ3n) is 3.09. The summed E-state index contributed by atoms with van der Waals surface area (Å²) in [6.07, 6.45) is 1.20. The van der Waals surface area contributed by atoms with Crippen LogP contribution in [0.2, 0.25) is 0 Å². The number of halogens is 1. The van der Waals surface area contributed by atoms with E-state index in [4.69, 9.17) is 5.73 Å². The Balaban J connectivity index is 2.16. The Hall–Kier alpha value is -2.10. The monoisotopic (exact) mass is 243 g/mol. The zero-order chi connectivity index (χ0) is 12.5. The number of anilines is 1. The summed E-state index contributed by atoms with van der Waals surface area (Å²) < 4.78 is 12.2. The average molecular weight is 243 g/mol. The van der Waals surface area contributed by atoms with Crippen molar-refractivity contribution in [2.24, 2.45) is 0 Å². The summed E-state index contributed by atoms with van der Waals surface area (Å²) in [5.41, 5.74) is 10.3. The van der Waals surface area contributed by atoms with Crippen molar-refractivity contribution < 1.29 is 4.39 Å². The summed E-state index contributed by atoms with van der Waals surface area (Å²) in [4.78, 5) is 7.88. The summed E-state index contributed by atoms with van der Waals surface area (Å²) in [7, 11) is 0. The predicted molar refractivity (Wildman–Crippen MR) is 72.3 cm³/mol. The van der Waals surface area contributed by atoms with Crippen LogP contribution in [0.25, 0.3) is 21.9 Å². The van der Waals surface area contributed by atoms with Gasteiger partial charge in [0.25, 0.3) is 0 Å². The van der Waals surface area contributed by atoms with Gasteiger partial charge in [0.1, 0.15) is 0 Å². The van der Waals surface area contributed by atoms with Crippen molar-refractivity contribution >= 4 is 27.6 Å². The Bertz CT molecular complexity index is 703. The van der Waals surface area contributed by atoms with Crippen molar-refractivity contribution in [3.05, 3.63) is 36.0 Å². The van der Waals surface area contributed by atoms with E-state index in [1.165, 1.54) is 0 Å². The largest absolute Gasteiger partial charge is 0.399 e. The first-order chi connectivity index (χ1) is 8.78. The molecule has 2 aromatic heterocycles. The number of fused-ring (bicyclic) bond motifs is 3. The number of aromatic amines is 1. The number of hydrogen-bond donors (Lipinski definition) is 2. The van der Waals surface area contributed by atoms with Gasteiger partial charge in [-0.3, -0.25) is 9.37 Å². The summed E-state index contributed by atoms with van der Waals surface area (Å²) in [6.45, 7) is -0.301. The first-order valence-electron chi connectivity index (χ1n) is 6.01. The highest BCUT2D eigenvalue weighted by Crippen LogP contribution is 2.25. The number of aromatic nitrogens is 2. The third-order valence-corrected chi connectivity index (χ3v) is 3.09. The van der Waals surface area contributed by atoms with E-state index in [1.807, 2.05) is 30.3 Å². The van der Waals surface area contributed by atoms with E-state index in [0.717, 1.165) is 33.3 Å². The lowest BCUT2D eigenvalue weighted by atomic mass is 10.2. The van der Waals surface area contributed by atoms with Gasteiger partial charge in [0.05, 0.1) is 23.2 Å². The molecule has 92 valence electrons. The SMILES string of the molecule is Nc1ccc2c(c1)[nH]c1ccc(CCCF)nc12. The molecule has 0 saturated heterocycles. The van der Waals surface area contributed by atoms with Crippen LogP contribution in [-0.2, 0) is 6.42 Å². The molecule has 4 heteroatoms. The number of nitrogens with zero attached hydrogens (tertiary/aromatic N) is 1. The molecule has 3 aromatic rings. The highest BCUT2D eigenvalue weighted by Gasteiger charge is 2.06. The molecule has 1 aromatic carbocycles. The zero-order valence-corrected chi connectivity index (χ0v) is 9.91.